The Hall–Kier alpha value is -3.58. The fraction of sp³-hybridized carbons (Fsp3) is 0.226. The van der Waals surface area contributed by atoms with Crippen LogP contribution in [0.1, 0.15) is 33.5 Å². The van der Waals surface area contributed by atoms with Crippen LogP contribution in [0.15, 0.2) is 78.9 Å². The van der Waals surface area contributed by atoms with Crippen LogP contribution >= 0.6 is 23.2 Å². The Labute approximate surface area is 238 Å². The number of hydrogen-bond acceptors (Lipinski definition) is 4. The molecule has 0 unspecified atom stereocenters. The average Bonchev–Trinajstić information content (AvgIpc) is 2.94. The summed E-state index contributed by atoms with van der Waals surface area (Å²) in [6.07, 6.45) is 3.02. The molecular weight excluding hydrogens is 533 g/mol. The minimum absolute atomic E-state index is 0.236. The molecule has 0 spiro atoms. The van der Waals surface area contributed by atoms with Gasteiger partial charge in [0.15, 0.2) is 0 Å². The fourth-order valence-corrected chi connectivity index (χ4v) is 5.85. The summed E-state index contributed by atoms with van der Waals surface area (Å²) >= 11 is 13.0. The number of fused-ring (bicyclic) bond motifs is 1. The predicted octanol–water partition coefficient (Wildman–Crippen LogP) is 6.39. The molecule has 1 saturated heterocycles. The van der Waals surface area contributed by atoms with Crippen LogP contribution in [0.4, 0.5) is 11.4 Å². The highest BCUT2D eigenvalue weighted by Gasteiger charge is 2.26. The largest absolute Gasteiger partial charge is 0.478 e. The van der Waals surface area contributed by atoms with Gasteiger partial charge in [-0.05, 0) is 89.7 Å². The summed E-state index contributed by atoms with van der Waals surface area (Å²) in [5, 5.41) is 13.2. The van der Waals surface area contributed by atoms with Crippen LogP contribution in [0.2, 0.25) is 10.0 Å². The van der Waals surface area contributed by atoms with Crippen molar-refractivity contribution in [2.45, 2.75) is 12.8 Å². The number of nitrogens with one attached hydrogen (secondary N) is 1. The van der Waals surface area contributed by atoms with Gasteiger partial charge < -0.3 is 15.3 Å². The number of hydrogen-bond donors (Lipinski definition) is 2. The van der Waals surface area contributed by atoms with Gasteiger partial charge in [0, 0.05) is 59.7 Å². The number of amides is 1. The van der Waals surface area contributed by atoms with Crippen LogP contribution in [-0.4, -0.2) is 54.6 Å². The van der Waals surface area contributed by atoms with Crippen molar-refractivity contribution < 1.29 is 14.7 Å². The van der Waals surface area contributed by atoms with Crippen molar-refractivity contribution in [2.24, 2.45) is 0 Å². The van der Waals surface area contributed by atoms with Crippen molar-refractivity contribution in [1.29, 1.82) is 0 Å². The van der Waals surface area contributed by atoms with E-state index in [1.807, 2.05) is 36.4 Å². The monoisotopic (exact) mass is 561 g/mol. The quantitative estimate of drug-likeness (QED) is 0.327. The Bertz CT molecular complexity index is 1460. The molecule has 1 aliphatic carbocycles. The lowest BCUT2D eigenvalue weighted by atomic mass is 9.81. The summed E-state index contributed by atoms with van der Waals surface area (Å²) in [7, 11) is 0. The summed E-state index contributed by atoms with van der Waals surface area (Å²) in [6.45, 7) is 7.87. The molecule has 0 radical (unpaired) electrons. The standard InChI is InChI=1S/C31H29Cl2N3O3/c1-2-29(37)34-24-8-12-26-21(17-24)3-4-22(30(26)27-11-7-23(32)18-28(27)33)19-35-13-15-36(16-14-35)25-9-5-20(6-10-25)31(38)39/h2,5-12,17-18H,1,3-4,13-16,19H2,(H,34,37)(H,38,39). The van der Waals surface area contributed by atoms with Crippen molar-refractivity contribution in [3.05, 3.63) is 111 Å². The topological polar surface area (TPSA) is 72.9 Å². The van der Waals surface area contributed by atoms with Crippen molar-refractivity contribution in [1.82, 2.24) is 4.90 Å². The first-order valence-corrected chi connectivity index (χ1v) is 13.6. The molecule has 1 amide bonds. The molecule has 8 heteroatoms. The van der Waals surface area contributed by atoms with Crippen LogP contribution in [0.3, 0.4) is 0 Å². The van der Waals surface area contributed by atoms with E-state index in [1.165, 1.54) is 11.6 Å². The Morgan fingerprint density at radius 3 is 2.31 bits per heavy atom. The molecule has 200 valence electrons. The number of nitrogens with zero attached hydrogens (tertiary/aromatic N) is 2. The Kier molecular flexibility index (Phi) is 8.07. The first-order chi connectivity index (χ1) is 18.8. The molecule has 3 aromatic carbocycles. The molecule has 0 aromatic heterocycles. The minimum Gasteiger partial charge on any atom is -0.478 e. The van der Waals surface area contributed by atoms with Crippen LogP contribution in [0.25, 0.3) is 5.57 Å². The summed E-state index contributed by atoms with van der Waals surface area (Å²) in [5.74, 6) is -1.15. The lowest BCUT2D eigenvalue weighted by molar-refractivity contribution is -0.111. The molecular formula is C31H29Cl2N3O3. The van der Waals surface area contributed by atoms with Gasteiger partial charge in [0.25, 0.3) is 0 Å². The molecule has 0 bridgehead atoms. The van der Waals surface area contributed by atoms with E-state index >= 15 is 0 Å². The summed E-state index contributed by atoms with van der Waals surface area (Å²) in [4.78, 5) is 27.8. The number of halogens is 2. The third-order valence-corrected chi connectivity index (χ3v) is 7.89. The lowest BCUT2D eigenvalue weighted by Gasteiger charge is -2.37. The Balaban J connectivity index is 1.40. The molecule has 3 aromatic rings. The van der Waals surface area contributed by atoms with Crippen molar-refractivity contribution >= 4 is 52.0 Å². The third-order valence-electron chi connectivity index (χ3n) is 7.34. The Morgan fingerprint density at radius 1 is 0.923 bits per heavy atom. The zero-order chi connectivity index (χ0) is 27.5. The zero-order valence-electron chi connectivity index (χ0n) is 21.4. The lowest BCUT2D eigenvalue weighted by Crippen LogP contribution is -2.47. The molecule has 2 N–H and O–H groups in total. The van der Waals surface area contributed by atoms with Gasteiger partial charge in [0.2, 0.25) is 5.91 Å². The van der Waals surface area contributed by atoms with Gasteiger partial charge in [0.05, 0.1) is 5.56 Å². The second-order valence-corrected chi connectivity index (χ2v) is 10.6. The number of carboxylic acid groups (broad SMARTS) is 1. The molecule has 1 aliphatic heterocycles. The van der Waals surface area contributed by atoms with Gasteiger partial charge in [0.1, 0.15) is 0 Å². The maximum atomic E-state index is 11.8. The summed E-state index contributed by atoms with van der Waals surface area (Å²) < 4.78 is 0. The number of aromatic carboxylic acids is 1. The maximum absolute atomic E-state index is 11.8. The second kappa shape index (κ2) is 11.7. The van der Waals surface area contributed by atoms with Gasteiger partial charge in [-0.2, -0.15) is 0 Å². The molecule has 6 nitrogen and oxygen atoms in total. The number of benzene rings is 3. The minimum atomic E-state index is -0.914. The summed E-state index contributed by atoms with van der Waals surface area (Å²) in [6, 6.07) is 18.7. The van der Waals surface area contributed by atoms with E-state index in [0.717, 1.165) is 79.2 Å². The number of aryl methyl sites for hydroxylation is 1. The molecule has 1 heterocycles. The van der Waals surface area contributed by atoms with Crippen LogP contribution < -0.4 is 10.2 Å². The number of carboxylic acids is 1. The molecule has 2 aliphatic rings. The van der Waals surface area contributed by atoms with E-state index < -0.39 is 5.97 Å². The van der Waals surface area contributed by atoms with Crippen molar-refractivity contribution in [3.8, 4) is 0 Å². The van der Waals surface area contributed by atoms with E-state index in [0.29, 0.717) is 15.6 Å². The van der Waals surface area contributed by atoms with Crippen LogP contribution in [0.5, 0.6) is 0 Å². The molecule has 0 saturated carbocycles. The fourth-order valence-electron chi connectivity index (χ4n) is 5.35. The van der Waals surface area contributed by atoms with Gasteiger partial charge in [-0.15, -0.1) is 0 Å². The first-order valence-electron chi connectivity index (χ1n) is 12.9. The maximum Gasteiger partial charge on any atom is 0.335 e. The van der Waals surface area contributed by atoms with Crippen molar-refractivity contribution in [2.75, 3.05) is 42.9 Å². The number of anilines is 2. The third kappa shape index (κ3) is 6.04. The van der Waals surface area contributed by atoms with Crippen molar-refractivity contribution in [3.63, 3.8) is 0 Å². The van der Waals surface area contributed by atoms with Gasteiger partial charge in [-0.25, -0.2) is 4.79 Å². The van der Waals surface area contributed by atoms with Gasteiger partial charge in [-0.1, -0.05) is 41.9 Å². The first kappa shape index (κ1) is 27.0. The highest BCUT2D eigenvalue weighted by molar-refractivity contribution is 6.36. The normalized spacial score (nSPS) is 15.6. The molecule has 39 heavy (non-hydrogen) atoms. The van der Waals surface area contributed by atoms with Crippen LogP contribution in [-0.2, 0) is 11.2 Å². The van der Waals surface area contributed by atoms with E-state index in [4.69, 9.17) is 23.2 Å². The number of carbonyl (C=O) groups excluding carboxylic acids is 1. The highest BCUT2D eigenvalue weighted by atomic mass is 35.5. The second-order valence-electron chi connectivity index (χ2n) is 9.78. The van der Waals surface area contributed by atoms with E-state index in [2.05, 4.69) is 27.8 Å². The van der Waals surface area contributed by atoms with E-state index in [-0.39, 0.29) is 5.91 Å². The van der Waals surface area contributed by atoms with Gasteiger partial charge in [-0.3, -0.25) is 9.69 Å². The summed E-state index contributed by atoms with van der Waals surface area (Å²) in [5.41, 5.74) is 7.78. The zero-order valence-corrected chi connectivity index (χ0v) is 22.9. The SMILES string of the molecule is C=CC(=O)Nc1ccc2c(c1)CCC(CN1CCN(c3ccc(C(=O)O)cc3)CC1)=C2c1ccc(Cl)cc1Cl. The van der Waals surface area contributed by atoms with E-state index in [9.17, 15) is 14.7 Å². The number of rotatable bonds is 7. The smallest absolute Gasteiger partial charge is 0.335 e. The average molecular weight is 562 g/mol. The number of carbonyl (C=O) groups is 2. The number of piperazine rings is 1. The molecule has 5 rings (SSSR count). The Morgan fingerprint density at radius 2 is 1.64 bits per heavy atom. The molecule has 0 atom stereocenters. The predicted molar refractivity (Wildman–Crippen MR) is 158 cm³/mol. The van der Waals surface area contributed by atoms with E-state index in [1.54, 1.807) is 18.2 Å². The van der Waals surface area contributed by atoms with Crippen LogP contribution in [0, 0.1) is 0 Å². The van der Waals surface area contributed by atoms with Gasteiger partial charge >= 0.3 is 5.97 Å². The molecule has 1 fully saturated rings. The highest BCUT2D eigenvalue weighted by Crippen LogP contribution is 2.41.